The van der Waals surface area contributed by atoms with Crippen molar-refractivity contribution in [3.05, 3.63) is 21.9 Å². The van der Waals surface area contributed by atoms with E-state index < -0.39 is 0 Å². The van der Waals surface area contributed by atoms with Crippen molar-refractivity contribution in [1.29, 1.82) is 0 Å². The fraction of sp³-hybridized carbons (Fsp3) is 0.643. The highest BCUT2D eigenvalue weighted by Crippen LogP contribution is 2.18. The van der Waals surface area contributed by atoms with E-state index in [1.165, 1.54) is 9.75 Å². The number of carbonyl (C=O) groups excluding carboxylic acids is 1. The number of hydrogen-bond acceptors (Lipinski definition) is 3. The van der Waals surface area contributed by atoms with E-state index in [-0.39, 0.29) is 17.9 Å². The third kappa shape index (κ3) is 3.82. The van der Waals surface area contributed by atoms with Crippen LogP contribution in [0.15, 0.2) is 12.1 Å². The van der Waals surface area contributed by atoms with Gasteiger partial charge in [-0.15, -0.1) is 11.3 Å². The van der Waals surface area contributed by atoms with Gasteiger partial charge in [-0.1, -0.05) is 0 Å². The second kappa shape index (κ2) is 6.34. The molecule has 1 aromatic rings. The van der Waals surface area contributed by atoms with Crippen molar-refractivity contribution in [2.45, 2.75) is 39.2 Å². The second-order valence-electron chi connectivity index (χ2n) is 5.01. The molecule has 0 aromatic carbocycles. The number of amides is 1. The van der Waals surface area contributed by atoms with E-state index in [4.69, 9.17) is 4.74 Å². The molecule has 0 saturated carbocycles. The molecular weight excluding hydrogens is 246 g/mol. The molecule has 2 rings (SSSR count). The van der Waals surface area contributed by atoms with Gasteiger partial charge < -0.3 is 10.1 Å². The zero-order valence-electron chi connectivity index (χ0n) is 11.1. The largest absolute Gasteiger partial charge is 0.381 e. The van der Waals surface area contributed by atoms with Crippen LogP contribution in [0.5, 0.6) is 0 Å². The van der Waals surface area contributed by atoms with Crippen LogP contribution < -0.4 is 5.32 Å². The first-order valence-electron chi connectivity index (χ1n) is 6.58. The van der Waals surface area contributed by atoms with Crippen LogP contribution in [-0.4, -0.2) is 25.2 Å². The molecule has 1 unspecified atom stereocenters. The standard InChI is InChI=1S/C14H21NO2S/c1-10(9-13-4-3-11(2)18-13)15-14(16)12-5-7-17-8-6-12/h3-4,10,12H,5-9H2,1-2H3,(H,15,16). The van der Waals surface area contributed by atoms with E-state index in [1.54, 1.807) is 0 Å². The summed E-state index contributed by atoms with van der Waals surface area (Å²) in [7, 11) is 0. The molecule has 1 amide bonds. The first kappa shape index (κ1) is 13.6. The molecule has 1 fully saturated rings. The topological polar surface area (TPSA) is 38.3 Å². The molecule has 18 heavy (non-hydrogen) atoms. The van der Waals surface area contributed by atoms with Crippen molar-refractivity contribution in [2.75, 3.05) is 13.2 Å². The molecule has 0 spiro atoms. The van der Waals surface area contributed by atoms with E-state index in [0.29, 0.717) is 0 Å². The number of ether oxygens (including phenoxy) is 1. The lowest BCUT2D eigenvalue weighted by Gasteiger charge is -2.23. The summed E-state index contributed by atoms with van der Waals surface area (Å²) in [5.74, 6) is 0.338. The fourth-order valence-electron chi connectivity index (χ4n) is 2.27. The first-order valence-corrected chi connectivity index (χ1v) is 7.40. The molecule has 4 heteroatoms. The minimum absolute atomic E-state index is 0.145. The van der Waals surface area contributed by atoms with E-state index in [9.17, 15) is 4.79 Å². The van der Waals surface area contributed by atoms with E-state index in [2.05, 4.69) is 31.3 Å². The number of nitrogens with one attached hydrogen (secondary N) is 1. The molecule has 1 atom stereocenters. The Morgan fingerprint density at radius 1 is 1.50 bits per heavy atom. The van der Waals surface area contributed by atoms with E-state index in [1.807, 2.05) is 11.3 Å². The van der Waals surface area contributed by atoms with E-state index >= 15 is 0 Å². The first-order chi connectivity index (χ1) is 8.65. The predicted molar refractivity (Wildman–Crippen MR) is 73.9 cm³/mol. The maximum atomic E-state index is 12.0. The zero-order chi connectivity index (χ0) is 13.0. The Kier molecular flexibility index (Phi) is 4.78. The predicted octanol–water partition coefficient (Wildman–Crippen LogP) is 2.53. The highest BCUT2D eigenvalue weighted by atomic mass is 32.1. The molecule has 0 bridgehead atoms. The Bertz CT molecular complexity index is 396. The van der Waals surface area contributed by atoms with Crippen LogP contribution in [0.3, 0.4) is 0 Å². The third-order valence-corrected chi connectivity index (χ3v) is 4.31. The van der Waals surface area contributed by atoms with Crippen LogP contribution in [0.25, 0.3) is 0 Å². The molecule has 1 aliphatic heterocycles. The summed E-state index contributed by atoms with van der Waals surface area (Å²) in [6.07, 6.45) is 2.64. The highest BCUT2D eigenvalue weighted by Gasteiger charge is 2.22. The molecule has 0 radical (unpaired) electrons. The average molecular weight is 267 g/mol. The lowest BCUT2D eigenvalue weighted by molar-refractivity contribution is -0.128. The van der Waals surface area contributed by atoms with Crippen LogP contribution in [0.1, 0.15) is 29.5 Å². The quantitative estimate of drug-likeness (QED) is 0.910. The Labute approximate surface area is 113 Å². The van der Waals surface area contributed by atoms with Crippen molar-refractivity contribution in [3.8, 4) is 0 Å². The van der Waals surface area contributed by atoms with Gasteiger partial charge in [-0.05, 0) is 38.8 Å². The Hall–Kier alpha value is -0.870. The summed E-state index contributed by atoms with van der Waals surface area (Å²) < 4.78 is 5.27. The molecule has 3 nitrogen and oxygen atoms in total. The van der Waals surface area contributed by atoms with Gasteiger partial charge in [-0.2, -0.15) is 0 Å². The lowest BCUT2D eigenvalue weighted by Crippen LogP contribution is -2.40. The van der Waals surface area contributed by atoms with Gasteiger partial charge in [-0.3, -0.25) is 4.79 Å². The number of hydrogen-bond donors (Lipinski definition) is 1. The maximum Gasteiger partial charge on any atom is 0.223 e. The molecule has 1 aromatic heterocycles. The monoisotopic (exact) mass is 267 g/mol. The summed E-state index contributed by atoms with van der Waals surface area (Å²) in [6, 6.07) is 4.49. The van der Waals surface area contributed by atoms with Gasteiger partial charge >= 0.3 is 0 Å². The van der Waals surface area contributed by atoms with Gasteiger partial charge in [0.05, 0.1) is 0 Å². The van der Waals surface area contributed by atoms with Gasteiger partial charge in [0.2, 0.25) is 5.91 Å². The van der Waals surface area contributed by atoms with Crippen molar-refractivity contribution in [1.82, 2.24) is 5.32 Å². The van der Waals surface area contributed by atoms with Gasteiger partial charge in [0.25, 0.3) is 0 Å². The van der Waals surface area contributed by atoms with E-state index in [0.717, 1.165) is 32.5 Å². The van der Waals surface area contributed by atoms with Gasteiger partial charge in [0.15, 0.2) is 0 Å². The Balaban J connectivity index is 1.79. The molecule has 100 valence electrons. The van der Waals surface area contributed by atoms with Crippen molar-refractivity contribution in [2.24, 2.45) is 5.92 Å². The highest BCUT2D eigenvalue weighted by molar-refractivity contribution is 7.11. The van der Waals surface area contributed by atoms with Crippen molar-refractivity contribution in [3.63, 3.8) is 0 Å². The summed E-state index contributed by atoms with van der Waals surface area (Å²) >= 11 is 1.81. The summed E-state index contributed by atoms with van der Waals surface area (Å²) in [4.78, 5) is 14.7. The molecular formula is C14H21NO2S. The van der Waals surface area contributed by atoms with Crippen molar-refractivity contribution >= 4 is 17.2 Å². The van der Waals surface area contributed by atoms with Gasteiger partial charge in [-0.25, -0.2) is 0 Å². The minimum atomic E-state index is 0.145. The summed E-state index contributed by atoms with van der Waals surface area (Å²) in [5.41, 5.74) is 0. The molecule has 1 N–H and O–H groups in total. The average Bonchev–Trinajstić information content (AvgIpc) is 2.75. The second-order valence-corrected chi connectivity index (χ2v) is 6.39. The lowest BCUT2D eigenvalue weighted by atomic mass is 9.99. The van der Waals surface area contributed by atoms with Crippen LogP contribution in [-0.2, 0) is 16.0 Å². The molecule has 1 saturated heterocycles. The summed E-state index contributed by atoms with van der Waals surface area (Å²) in [5, 5.41) is 3.12. The Morgan fingerprint density at radius 2 is 2.22 bits per heavy atom. The van der Waals surface area contributed by atoms with Crippen LogP contribution >= 0.6 is 11.3 Å². The SMILES string of the molecule is Cc1ccc(CC(C)NC(=O)C2CCOCC2)s1. The Morgan fingerprint density at radius 3 is 2.83 bits per heavy atom. The fourth-order valence-corrected chi connectivity index (χ4v) is 3.29. The number of rotatable bonds is 4. The number of carbonyl (C=O) groups is 1. The maximum absolute atomic E-state index is 12.0. The smallest absolute Gasteiger partial charge is 0.223 e. The summed E-state index contributed by atoms with van der Waals surface area (Å²) in [6.45, 7) is 5.62. The third-order valence-electron chi connectivity index (χ3n) is 3.28. The zero-order valence-corrected chi connectivity index (χ0v) is 11.9. The van der Waals surface area contributed by atoms with Crippen LogP contribution in [0.4, 0.5) is 0 Å². The molecule has 0 aliphatic carbocycles. The van der Waals surface area contributed by atoms with Crippen LogP contribution in [0, 0.1) is 12.8 Å². The van der Waals surface area contributed by atoms with Crippen LogP contribution in [0.2, 0.25) is 0 Å². The van der Waals surface area contributed by atoms with Crippen molar-refractivity contribution < 1.29 is 9.53 Å². The number of thiophene rings is 1. The number of aryl methyl sites for hydroxylation is 1. The molecule has 2 heterocycles. The normalized spacial score (nSPS) is 18.6. The minimum Gasteiger partial charge on any atom is -0.381 e. The van der Waals surface area contributed by atoms with Gasteiger partial charge in [0.1, 0.15) is 0 Å². The molecule has 1 aliphatic rings. The van der Waals surface area contributed by atoms with Gasteiger partial charge in [0, 0.05) is 41.3 Å².